The minimum atomic E-state index is -0.167. The lowest BCUT2D eigenvalue weighted by Gasteiger charge is -2.05. The second-order valence-corrected chi connectivity index (χ2v) is 4.47. The second kappa shape index (κ2) is 6.20. The first-order valence-electron chi connectivity index (χ1n) is 6.32. The van der Waals surface area contributed by atoms with Gasteiger partial charge in [-0.05, 0) is 34.4 Å². The maximum atomic E-state index is 9.18. The molecule has 0 amide bonds. The smallest absolute Gasteiger partial charge is 0.148 e. The van der Waals surface area contributed by atoms with Crippen molar-refractivity contribution in [2.75, 3.05) is 0 Å². The van der Waals surface area contributed by atoms with Crippen molar-refractivity contribution in [2.24, 2.45) is 0 Å². The van der Waals surface area contributed by atoms with E-state index in [4.69, 9.17) is 10.5 Å². The van der Waals surface area contributed by atoms with Gasteiger partial charge in [0.15, 0.2) is 0 Å². The van der Waals surface area contributed by atoms with Crippen LogP contribution in [-0.4, -0.2) is 0 Å². The van der Waals surface area contributed by atoms with E-state index >= 15 is 0 Å². The Morgan fingerprint density at radius 3 is 2.24 bits per heavy atom. The van der Waals surface area contributed by atoms with Gasteiger partial charge >= 0.3 is 0 Å². The number of nitriles is 3. The molecule has 3 nitrogen and oxygen atoms in total. The highest BCUT2D eigenvalue weighted by Gasteiger charge is 2.09. The summed E-state index contributed by atoms with van der Waals surface area (Å²) >= 11 is 0. The van der Waals surface area contributed by atoms with E-state index in [2.05, 4.69) is 12.6 Å². The SMILES string of the molecule is C=CCc1ccc2cc(C(C#N)=C(C#N)C#N)ccc2c1. The van der Waals surface area contributed by atoms with Crippen LogP contribution in [0.25, 0.3) is 16.3 Å². The summed E-state index contributed by atoms with van der Waals surface area (Å²) in [6, 6.07) is 16.9. The van der Waals surface area contributed by atoms with Crippen LogP contribution in [0.3, 0.4) is 0 Å². The van der Waals surface area contributed by atoms with Gasteiger partial charge in [0, 0.05) is 0 Å². The number of benzene rings is 2. The molecule has 2 aromatic carbocycles. The summed E-state index contributed by atoms with van der Waals surface area (Å²) in [5.74, 6) is 0. The molecule has 0 N–H and O–H groups in total. The van der Waals surface area contributed by atoms with Crippen molar-refractivity contribution in [3.8, 4) is 18.2 Å². The molecular weight excluding hydrogens is 258 g/mol. The van der Waals surface area contributed by atoms with E-state index in [0.717, 1.165) is 22.8 Å². The number of rotatable bonds is 3. The first kappa shape index (κ1) is 14.1. The van der Waals surface area contributed by atoms with Gasteiger partial charge in [-0.15, -0.1) is 6.58 Å². The Balaban J connectivity index is 2.60. The topological polar surface area (TPSA) is 71.4 Å². The Kier molecular flexibility index (Phi) is 4.15. The van der Waals surface area contributed by atoms with Crippen LogP contribution < -0.4 is 0 Å². The molecular formula is C18H11N3. The third-order valence-corrected chi connectivity index (χ3v) is 3.16. The molecule has 0 aliphatic carbocycles. The van der Waals surface area contributed by atoms with Crippen LogP contribution in [0, 0.1) is 34.0 Å². The highest BCUT2D eigenvalue weighted by Crippen LogP contribution is 2.24. The summed E-state index contributed by atoms with van der Waals surface area (Å²) in [6.45, 7) is 3.72. The fourth-order valence-corrected chi connectivity index (χ4v) is 2.15. The molecule has 0 aromatic heterocycles. The van der Waals surface area contributed by atoms with Gasteiger partial charge < -0.3 is 0 Å². The number of fused-ring (bicyclic) bond motifs is 1. The fourth-order valence-electron chi connectivity index (χ4n) is 2.15. The number of nitrogens with zero attached hydrogens (tertiary/aromatic N) is 3. The van der Waals surface area contributed by atoms with Crippen molar-refractivity contribution in [3.05, 3.63) is 65.8 Å². The maximum absolute atomic E-state index is 9.18. The first-order valence-corrected chi connectivity index (χ1v) is 6.32. The summed E-state index contributed by atoms with van der Waals surface area (Å²) in [6.07, 6.45) is 2.65. The minimum Gasteiger partial charge on any atom is -0.192 e. The lowest BCUT2D eigenvalue weighted by molar-refractivity contribution is 1.29. The summed E-state index contributed by atoms with van der Waals surface area (Å²) in [4.78, 5) is 0. The lowest BCUT2D eigenvalue weighted by atomic mass is 9.97. The minimum absolute atomic E-state index is 0.108. The molecule has 0 unspecified atom stereocenters. The Morgan fingerprint density at radius 2 is 1.62 bits per heavy atom. The Bertz CT molecular complexity index is 852. The molecule has 0 saturated carbocycles. The van der Waals surface area contributed by atoms with Crippen LogP contribution in [0.2, 0.25) is 0 Å². The van der Waals surface area contributed by atoms with Crippen molar-refractivity contribution in [1.29, 1.82) is 15.8 Å². The molecule has 0 fully saturated rings. The number of hydrogen-bond donors (Lipinski definition) is 0. The average molecular weight is 269 g/mol. The molecule has 98 valence electrons. The highest BCUT2D eigenvalue weighted by atomic mass is 14.3. The zero-order valence-corrected chi connectivity index (χ0v) is 11.3. The summed E-state index contributed by atoms with van der Waals surface area (Å²) in [5.41, 5.74) is 1.69. The van der Waals surface area contributed by atoms with Crippen molar-refractivity contribution in [1.82, 2.24) is 0 Å². The van der Waals surface area contributed by atoms with E-state index in [1.54, 1.807) is 18.2 Å². The van der Waals surface area contributed by atoms with Crippen LogP contribution in [-0.2, 0) is 6.42 Å². The van der Waals surface area contributed by atoms with Crippen LogP contribution in [0.5, 0.6) is 0 Å². The Labute approximate surface area is 123 Å². The van der Waals surface area contributed by atoms with Crippen molar-refractivity contribution in [2.45, 2.75) is 6.42 Å². The zero-order chi connectivity index (χ0) is 15.2. The van der Waals surface area contributed by atoms with Crippen molar-refractivity contribution < 1.29 is 0 Å². The third kappa shape index (κ3) is 2.81. The molecule has 2 rings (SSSR count). The molecule has 0 saturated heterocycles. The van der Waals surface area contributed by atoms with Gasteiger partial charge in [-0.3, -0.25) is 0 Å². The van der Waals surface area contributed by atoms with Crippen molar-refractivity contribution >= 4 is 16.3 Å². The van der Waals surface area contributed by atoms with Gasteiger partial charge in [0.05, 0.1) is 5.57 Å². The van der Waals surface area contributed by atoms with E-state index in [9.17, 15) is 5.26 Å². The lowest BCUT2D eigenvalue weighted by Crippen LogP contribution is -1.88. The van der Waals surface area contributed by atoms with Gasteiger partial charge in [-0.1, -0.05) is 36.4 Å². The van der Waals surface area contributed by atoms with Gasteiger partial charge in [-0.2, -0.15) is 15.8 Å². The van der Waals surface area contributed by atoms with Gasteiger partial charge in [-0.25, -0.2) is 0 Å². The zero-order valence-electron chi connectivity index (χ0n) is 11.3. The van der Waals surface area contributed by atoms with E-state index in [1.165, 1.54) is 0 Å². The monoisotopic (exact) mass is 269 g/mol. The number of hydrogen-bond acceptors (Lipinski definition) is 3. The third-order valence-electron chi connectivity index (χ3n) is 3.16. The van der Waals surface area contributed by atoms with E-state index in [1.807, 2.05) is 36.4 Å². The molecule has 3 heteroatoms. The van der Waals surface area contributed by atoms with Crippen LogP contribution in [0.1, 0.15) is 11.1 Å². The molecule has 0 aliphatic rings. The second-order valence-electron chi connectivity index (χ2n) is 4.47. The summed E-state index contributed by atoms with van der Waals surface area (Å²) in [7, 11) is 0. The normalized spacial score (nSPS) is 9.19. The predicted molar refractivity (Wildman–Crippen MR) is 81.6 cm³/mol. The van der Waals surface area contributed by atoms with Gasteiger partial charge in [0.1, 0.15) is 23.8 Å². The highest BCUT2D eigenvalue weighted by molar-refractivity contribution is 5.91. The Hall–Kier alpha value is -3.35. The van der Waals surface area contributed by atoms with E-state index in [0.29, 0.717) is 5.56 Å². The van der Waals surface area contributed by atoms with E-state index in [-0.39, 0.29) is 11.1 Å². The van der Waals surface area contributed by atoms with Crippen LogP contribution in [0.4, 0.5) is 0 Å². The Morgan fingerprint density at radius 1 is 0.952 bits per heavy atom. The first-order chi connectivity index (χ1) is 10.2. The molecule has 0 heterocycles. The molecule has 0 radical (unpaired) electrons. The molecule has 0 spiro atoms. The largest absolute Gasteiger partial charge is 0.192 e. The van der Waals surface area contributed by atoms with Gasteiger partial charge in [0.2, 0.25) is 0 Å². The standard InChI is InChI=1S/C18H11N3/c1-2-3-13-4-5-15-9-16(7-6-14(15)8-13)18(12-21)17(10-19)11-20/h2,4-9H,1,3H2. The summed E-state index contributed by atoms with van der Waals surface area (Å²) < 4.78 is 0. The van der Waals surface area contributed by atoms with Crippen LogP contribution in [0.15, 0.2) is 54.6 Å². The van der Waals surface area contributed by atoms with Crippen molar-refractivity contribution in [3.63, 3.8) is 0 Å². The molecule has 0 atom stereocenters. The average Bonchev–Trinajstić information content (AvgIpc) is 2.52. The molecule has 0 bridgehead atoms. The fraction of sp³-hybridized carbons (Fsp3) is 0.0556. The summed E-state index contributed by atoms with van der Waals surface area (Å²) in [5, 5.41) is 29.0. The van der Waals surface area contributed by atoms with Crippen LogP contribution >= 0.6 is 0 Å². The quantitative estimate of drug-likeness (QED) is 0.626. The van der Waals surface area contributed by atoms with Gasteiger partial charge in [0.25, 0.3) is 0 Å². The molecule has 2 aromatic rings. The van der Waals surface area contributed by atoms with E-state index < -0.39 is 0 Å². The maximum Gasteiger partial charge on any atom is 0.148 e. The molecule has 21 heavy (non-hydrogen) atoms. The molecule has 0 aliphatic heterocycles. The number of allylic oxidation sites excluding steroid dienone is 3. The predicted octanol–water partition coefficient (Wildman–Crippen LogP) is 3.89.